The third-order valence-corrected chi connectivity index (χ3v) is 4.18. The summed E-state index contributed by atoms with van der Waals surface area (Å²) in [6.45, 7) is -0.604. The maximum Gasteiger partial charge on any atom is 0.328 e. The maximum absolute atomic E-state index is 12.0. The van der Waals surface area contributed by atoms with Crippen molar-refractivity contribution in [2.75, 3.05) is 6.61 Å². The van der Waals surface area contributed by atoms with E-state index in [1.54, 1.807) is 16.7 Å². The van der Waals surface area contributed by atoms with Crippen LogP contribution in [0.1, 0.15) is 33.6 Å². The smallest absolute Gasteiger partial charge is 0.328 e. The largest absolute Gasteiger partial charge is 0.480 e. The minimum Gasteiger partial charge on any atom is -0.480 e. The molecule has 1 heterocycles. The second-order valence-electron chi connectivity index (χ2n) is 4.31. The summed E-state index contributed by atoms with van der Waals surface area (Å²) in [6, 6.07) is -1.24. The number of carbonyl (C=O) groups excluding carboxylic acids is 1. The molecule has 0 radical (unpaired) electrons. The third-order valence-electron chi connectivity index (χ3n) is 3.09. The highest BCUT2D eigenvalue weighted by Crippen LogP contribution is 2.30. The summed E-state index contributed by atoms with van der Waals surface area (Å²) in [6.07, 6.45) is 4.07. The quantitative estimate of drug-likeness (QED) is 0.754. The third kappa shape index (κ3) is 2.54. The summed E-state index contributed by atoms with van der Waals surface area (Å²) in [5, 5.41) is 21.8. The Balaban J connectivity index is 2.14. The van der Waals surface area contributed by atoms with Crippen molar-refractivity contribution in [2.24, 2.45) is 0 Å². The first-order valence-corrected chi connectivity index (χ1v) is 6.75. The first-order chi connectivity index (χ1) is 8.63. The van der Waals surface area contributed by atoms with Crippen LogP contribution in [0.4, 0.5) is 0 Å². The molecule has 3 N–H and O–H groups in total. The number of rotatable bonds is 4. The second kappa shape index (κ2) is 5.49. The van der Waals surface area contributed by atoms with E-state index in [0.29, 0.717) is 5.56 Å². The summed E-state index contributed by atoms with van der Waals surface area (Å²) in [5.41, 5.74) is 1.61. The fourth-order valence-corrected chi connectivity index (χ4v) is 3.23. The molecule has 1 aromatic heterocycles. The van der Waals surface area contributed by atoms with Gasteiger partial charge in [-0.15, -0.1) is 11.3 Å². The van der Waals surface area contributed by atoms with Crippen LogP contribution in [0.25, 0.3) is 0 Å². The van der Waals surface area contributed by atoms with Gasteiger partial charge in [-0.2, -0.15) is 0 Å². The maximum atomic E-state index is 12.0. The van der Waals surface area contributed by atoms with E-state index >= 15 is 0 Å². The molecule has 0 saturated carbocycles. The number of carbonyl (C=O) groups is 2. The molecule has 0 fully saturated rings. The van der Waals surface area contributed by atoms with Crippen LogP contribution in [-0.2, 0) is 17.6 Å². The number of carboxylic acids is 1. The Bertz CT molecular complexity index is 469. The molecule has 1 amide bonds. The van der Waals surface area contributed by atoms with Gasteiger partial charge in [0.05, 0.1) is 12.2 Å². The molecular formula is C12H15NO4S. The highest BCUT2D eigenvalue weighted by Gasteiger charge is 2.24. The van der Waals surface area contributed by atoms with E-state index in [4.69, 9.17) is 10.2 Å². The number of aliphatic carboxylic acids is 1. The van der Waals surface area contributed by atoms with Crippen molar-refractivity contribution in [3.8, 4) is 0 Å². The van der Waals surface area contributed by atoms with Crippen molar-refractivity contribution in [1.29, 1.82) is 0 Å². The van der Waals surface area contributed by atoms with E-state index in [9.17, 15) is 9.59 Å². The van der Waals surface area contributed by atoms with Crippen LogP contribution < -0.4 is 5.32 Å². The summed E-state index contributed by atoms with van der Waals surface area (Å²) < 4.78 is 0. The van der Waals surface area contributed by atoms with Gasteiger partial charge in [0.15, 0.2) is 6.04 Å². The van der Waals surface area contributed by atoms with Gasteiger partial charge in [0.25, 0.3) is 5.91 Å². The van der Waals surface area contributed by atoms with Gasteiger partial charge in [-0.05, 0) is 31.2 Å². The summed E-state index contributed by atoms with van der Waals surface area (Å²) >= 11 is 1.55. The van der Waals surface area contributed by atoms with Crippen molar-refractivity contribution in [2.45, 2.75) is 31.7 Å². The van der Waals surface area contributed by atoms with Crippen molar-refractivity contribution in [1.82, 2.24) is 5.32 Å². The van der Waals surface area contributed by atoms with Crippen LogP contribution >= 0.6 is 11.3 Å². The lowest BCUT2D eigenvalue weighted by atomic mass is 9.95. The Morgan fingerprint density at radius 2 is 2.11 bits per heavy atom. The zero-order valence-electron chi connectivity index (χ0n) is 9.81. The van der Waals surface area contributed by atoms with E-state index in [2.05, 4.69) is 5.32 Å². The number of aliphatic hydroxyl groups is 1. The Morgan fingerprint density at radius 3 is 2.78 bits per heavy atom. The number of aliphatic hydroxyl groups excluding tert-OH is 1. The summed E-state index contributed by atoms with van der Waals surface area (Å²) in [5.74, 6) is -1.63. The lowest BCUT2D eigenvalue weighted by molar-refractivity contribution is -0.140. The molecule has 1 unspecified atom stereocenters. The molecule has 0 saturated heterocycles. The van der Waals surface area contributed by atoms with Gasteiger partial charge in [-0.3, -0.25) is 4.79 Å². The fraction of sp³-hybridized carbons (Fsp3) is 0.500. The molecule has 1 aromatic rings. The van der Waals surface area contributed by atoms with Gasteiger partial charge in [-0.1, -0.05) is 0 Å². The van der Waals surface area contributed by atoms with Crippen LogP contribution in [0.5, 0.6) is 0 Å². The van der Waals surface area contributed by atoms with Crippen LogP contribution in [0.2, 0.25) is 0 Å². The fourth-order valence-electron chi connectivity index (χ4n) is 2.11. The number of fused-ring (bicyclic) bond motifs is 1. The number of thiophene rings is 1. The lowest BCUT2D eigenvalue weighted by Crippen LogP contribution is -2.43. The van der Waals surface area contributed by atoms with E-state index in [1.165, 1.54) is 4.88 Å². The van der Waals surface area contributed by atoms with Crippen molar-refractivity contribution in [3.63, 3.8) is 0 Å². The molecule has 6 heteroatoms. The molecule has 0 bridgehead atoms. The highest BCUT2D eigenvalue weighted by molar-refractivity contribution is 7.10. The van der Waals surface area contributed by atoms with Crippen LogP contribution in [-0.4, -0.2) is 34.7 Å². The predicted molar refractivity (Wildman–Crippen MR) is 66.9 cm³/mol. The van der Waals surface area contributed by atoms with E-state index in [0.717, 1.165) is 31.2 Å². The van der Waals surface area contributed by atoms with Crippen LogP contribution in [0.15, 0.2) is 5.38 Å². The van der Waals surface area contributed by atoms with Gasteiger partial charge >= 0.3 is 5.97 Å². The molecule has 18 heavy (non-hydrogen) atoms. The number of hydrogen-bond donors (Lipinski definition) is 3. The minimum absolute atomic E-state index is 0.407. The summed E-state index contributed by atoms with van der Waals surface area (Å²) in [4.78, 5) is 23.9. The Labute approximate surface area is 108 Å². The molecule has 0 spiro atoms. The minimum atomic E-state index is -1.24. The molecule has 0 aliphatic heterocycles. The number of carboxylic acid groups (broad SMARTS) is 1. The number of nitrogens with one attached hydrogen (secondary N) is 1. The molecule has 5 nitrogen and oxygen atoms in total. The van der Waals surface area contributed by atoms with Gasteiger partial charge in [0.2, 0.25) is 0 Å². The first kappa shape index (κ1) is 13.0. The molecule has 1 aliphatic carbocycles. The lowest BCUT2D eigenvalue weighted by Gasteiger charge is -2.14. The summed E-state index contributed by atoms with van der Waals surface area (Å²) in [7, 11) is 0. The average Bonchev–Trinajstić information content (AvgIpc) is 2.79. The normalized spacial score (nSPS) is 15.8. The monoisotopic (exact) mass is 269 g/mol. The van der Waals surface area contributed by atoms with Crippen molar-refractivity contribution in [3.05, 3.63) is 21.4 Å². The van der Waals surface area contributed by atoms with Crippen molar-refractivity contribution >= 4 is 23.2 Å². The van der Waals surface area contributed by atoms with Gasteiger partial charge in [0.1, 0.15) is 0 Å². The van der Waals surface area contributed by atoms with E-state index in [-0.39, 0.29) is 0 Å². The van der Waals surface area contributed by atoms with Crippen molar-refractivity contribution < 1.29 is 19.8 Å². The van der Waals surface area contributed by atoms with Gasteiger partial charge in [-0.25, -0.2) is 4.79 Å². The van der Waals surface area contributed by atoms with Crippen LogP contribution in [0.3, 0.4) is 0 Å². The van der Waals surface area contributed by atoms with E-state index in [1.807, 2.05) is 0 Å². The van der Waals surface area contributed by atoms with Gasteiger partial charge < -0.3 is 15.5 Å². The SMILES string of the molecule is O=C(NC(CO)C(=O)O)c1csc2c1CCCC2. The number of hydrogen-bond acceptors (Lipinski definition) is 4. The zero-order valence-corrected chi connectivity index (χ0v) is 10.6. The molecule has 1 atom stereocenters. The molecular weight excluding hydrogens is 254 g/mol. The Morgan fingerprint density at radius 1 is 1.39 bits per heavy atom. The zero-order chi connectivity index (χ0) is 13.1. The molecule has 98 valence electrons. The number of aryl methyl sites for hydroxylation is 1. The van der Waals surface area contributed by atoms with Crippen LogP contribution in [0, 0.1) is 0 Å². The van der Waals surface area contributed by atoms with Gasteiger partial charge in [0, 0.05) is 10.3 Å². The predicted octanol–water partition coefficient (Wildman–Crippen LogP) is 0.802. The number of amides is 1. The second-order valence-corrected chi connectivity index (χ2v) is 5.27. The standard InChI is InChI=1S/C12H15NO4S/c14-5-9(12(16)17)13-11(15)8-6-18-10-4-2-1-3-7(8)10/h6,9,14H,1-5H2,(H,13,15)(H,16,17). The molecule has 0 aromatic carbocycles. The molecule has 1 aliphatic rings. The average molecular weight is 269 g/mol. The molecule has 2 rings (SSSR count). The Kier molecular flexibility index (Phi) is 3.98. The topological polar surface area (TPSA) is 86.6 Å². The Hall–Kier alpha value is -1.40. The highest BCUT2D eigenvalue weighted by atomic mass is 32.1. The first-order valence-electron chi connectivity index (χ1n) is 5.87. The van der Waals surface area contributed by atoms with E-state index < -0.39 is 24.5 Å².